The molecular weight excluding hydrogens is 576 g/mol. The van der Waals surface area contributed by atoms with Crippen LogP contribution < -0.4 is 16.2 Å². The van der Waals surface area contributed by atoms with E-state index < -0.39 is 35.4 Å². The van der Waals surface area contributed by atoms with E-state index in [1.165, 1.54) is 27.8 Å². The van der Waals surface area contributed by atoms with Gasteiger partial charge >= 0.3 is 0 Å². The number of fused-ring (bicyclic) bond motifs is 3. The molecule has 15 heteroatoms. The first-order valence-electron chi connectivity index (χ1n) is 15.2. The van der Waals surface area contributed by atoms with Gasteiger partial charge in [0.15, 0.2) is 31.9 Å². The Labute approximate surface area is 264 Å². The first kappa shape index (κ1) is 32.3. The third-order valence-electron chi connectivity index (χ3n) is 8.44. The van der Waals surface area contributed by atoms with Crippen molar-refractivity contribution in [3.8, 4) is 16.9 Å². The van der Waals surface area contributed by atoms with Gasteiger partial charge in [0.05, 0.1) is 11.4 Å². The second kappa shape index (κ2) is 12.4. The molecule has 0 spiro atoms. The van der Waals surface area contributed by atoms with Crippen molar-refractivity contribution in [2.75, 3.05) is 0 Å². The summed E-state index contributed by atoms with van der Waals surface area (Å²) in [5, 5.41) is 52.2. The average molecular weight is 614 g/mol. The lowest BCUT2D eigenvalue weighted by Gasteiger charge is -2.42. The van der Waals surface area contributed by atoms with Crippen LogP contribution in [0.4, 0.5) is 0 Å². The van der Waals surface area contributed by atoms with E-state index in [0.717, 1.165) is 55.9 Å². The maximum atomic E-state index is 14.4. The number of thiophene rings is 1. The first-order valence-corrected chi connectivity index (χ1v) is 16.1. The number of hydrogen-bond donors (Lipinski definition) is 5. The molecule has 0 unspecified atom stereocenters. The maximum absolute atomic E-state index is 14.4. The molecule has 0 saturated heterocycles. The lowest BCUT2D eigenvalue weighted by Crippen LogP contribution is -2.59. The Morgan fingerprint density at radius 2 is 1.98 bits per heavy atom. The molecule has 1 fully saturated rings. The van der Waals surface area contributed by atoms with Gasteiger partial charge in [0, 0.05) is 22.9 Å². The molecule has 10 nitrogen and oxygen atoms in total. The molecule has 44 heavy (non-hydrogen) atoms. The molecule has 1 aliphatic carbocycles. The Morgan fingerprint density at radius 3 is 2.59 bits per heavy atom. The Morgan fingerprint density at radius 1 is 1.23 bits per heavy atom. The minimum absolute atomic E-state index is 0.131. The van der Waals surface area contributed by atoms with Crippen molar-refractivity contribution in [1.82, 2.24) is 20.0 Å². The fourth-order valence-corrected chi connectivity index (χ4v) is 7.26. The molecule has 3 heterocycles. The Kier molecular flexibility index (Phi) is 9.08. The summed E-state index contributed by atoms with van der Waals surface area (Å²) in [6.45, 7) is 6.28. The molecule has 5 rings (SSSR count). The van der Waals surface area contributed by atoms with Crippen LogP contribution in [0.25, 0.3) is 23.0 Å². The molecule has 5 N–H and O–H groups in total. The number of hydrogen-bond acceptors (Lipinski definition) is 8. The van der Waals surface area contributed by atoms with Crippen LogP contribution in [0.15, 0.2) is 34.5 Å². The number of aliphatic hydroxyl groups is 4. The molecule has 228 valence electrons. The highest BCUT2D eigenvalue weighted by molar-refractivity contribution is 7.08. The third-order valence-corrected chi connectivity index (χ3v) is 9.11. The predicted octanol–water partition coefficient (Wildman–Crippen LogP) is -1.72. The van der Waals surface area contributed by atoms with Gasteiger partial charge in [-0.1, -0.05) is 41.9 Å². The monoisotopic (exact) mass is 614 g/mol. The number of carbonyl (C=O) groups is 2. The van der Waals surface area contributed by atoms with Crippen molar-refractivity contribution in [1.29, 1.82) is 0 Å². The third kappa shape index (κ3) is 6.62. The summed E-state index contributed by atoms with van der Waals surface area (Å²) in [6.07, 6.45) is 4.32. The number of allylic oxidation sites excluding steroid dienone is 1. The quantitative estimate of drug-likeness (QED) is 0.150. The molecule has 1 aromatic carbocycles. The Balaban J connectivity index is 1.60. The molecule has 0 radical (unpaired) electrons. The fourth-order valence-electron chi connectivity index (χ4n) is 6.64. The second-order valence-electron chi connectivity index (χ2n) is 12.5. The summed E-state index contributed by atoms with van der Waals surface area (Å²) in [7, 11) is 3.80. The molecule has 1 aliphatic heterocycles. The van der Waals surface area contributed by atoms with Crippen molar-refractivity contribution in [3.63, 3.8) is 0 Å². The van der Waals surface area contributed by atoms with E-state index in [-0.39, 0.29) is 12.1 Å². The van der Waals surface area contributed by atoms with Crippen molar-refractivity contribution < 1.29 is 30.0 Å². The maximum Gasteiger partial charge on any atom is 0.278 e. The summed E-state index contributed by atoms with van der Waals surface area (Å²) in [5.74, 6) is -6.74. The molecule has 2 aliphatic rings. The van der Waals surface area contributed by atoms with Crippen molar-refractivity contribution >= 4 is 70.4 Å². The van der Waals surface area contributed by atoms with Gasteiger partial charge in [-0.15, -0.1) is 0 Å². The van der Waals surface area contributed by atoms with Crippen LogP contribution in [-0.2, 0) is 11.1 Å². The summed E-state index contributed by atoms with van der Waals surface area (Å²) in [5.41, 5.74) is 8.28. The minimum Gasteiger partial charge on any atom is -0.357 e. The van der Waals surface area contributed by atoms with Crippen molar-refractivity contribution in [2.45, 2.75) is 70.3 Å². The lowest BCUT2D eigenvalue weighted by atomic mass is 9.56. The summed E-state index contributed by atoms with van der Waals surface area (Å²) in [4.78, 5) is 28.2. The number of rotatable bonds is 8. The van der Waals surface area contributed by atoms with Crippen LogP contribution in [0.5, 0.6) is 0 Å². The first-order chi connectivity index (χ1) is 20.7. The van der Waals surface area contributed by atoms with Gasteiger partial charge in [-0.2, -0.15) is 16.4 Å². The van der Waals surface area contributed by atoms with Gasteiger partial charge in [0.1, 0.15) is 0 Å². The highest BCUT2D eigenvalue weighted by atomic mass is 32.1. The summed E-state index contributed by atoms with van der Waals surface area (Å²) >= 11 is 1.52. The average Bonchev–Trinajstić information content (AvgIpc) is 3.59. The number of carbonyl (C=O) groups excluding carboxylic acids is 2. The Hall–Kier alpha value is -3.09. The molecule has 2 atom stereocenters. The number of nitrogens with zero attached hydrogens (tertiary/aromatic N) is 3. The van der Waals surface area contributed by atoms with Gasteiger partial charge in [0.25, 0.3) is 5.91 Å². The van der Waals surface area contributed by atoms with E-state index in [2.05, 4.69) is 44.2 Å². The van der Waals surface area contributed by atoms with E-state index in [4.69, 9.17) is 5.10 Å². The van der Waals surface area contributed by atoms with Crippen molar-refractivity contribution in [2.24, 2.45) is 5.92 Å². The van der Waals surface area contributed by atoms with Gasteiger partial charge in [-0.05, 0) is 68.1 Å². The highest BCUT2D eigenvalue weighted by Gasteiger charge is 2.43. The number of nitrogens with one attached hydrogen (secondary N) is 1. The van der Waals surface area contributed by atoms with Crippen LogP contribution >= 0.6 is 11.3 Å². The zero-order chi connectivity index (χ0) is 32.0. The summed E-state index contributed by atoms with van der Waals surface area (Å²) in [6, 6.07) is 5.68. The molecule has 2 aromatic heterocycles. The summed E-state index contributed by atoms with van der Waals surface area (Å²) < 4.78 is 1.79. The van der Waals surface area contributed by atoms with Gasteiger partial charge in [0.2, 0.25) is 21.6 Å². The topological polar surface area (TPSA) is 148 Å². The normalized spacial score (nSPS) is 18.0. The van der Waals surface area contributed by atoms with Gasteiger partial charge in [-0.25, -0.2) is 4.68 Å². The molecular formula is C29H38B4N4O6S. The van der Waals surface area contributed by atoms with Crippen LogP contribution in [0.2, 0.25) is 6.82 Å². The SMILES string of the molecule is BC(O)(O)NC(=O)[C@H]1CCC[C@@H](N(C(=O)c2nn(-c3ccsc3)c3c2CBc2cc(BC)c(C=C(C)C)cc2-3)C(B)(O)O)C1. The molecule has 2 amide bonds. The molecule has 0 bridgehead atoms. The van der Waals surface area contributed by atoms with Gasteiger partial charge in [-0.3, -0.25) is 14.5 Å². The lowest BCUT2D eigenvalue weighted by molar-refractivity contribution is -0.195. The van der Waals surface area contributed by atoms with E-state index in [1.807, 2.05) is 16.8 Å². The van der Waals surface area contributed by atoms with Crippen LogP contribution in [0.3, 0.4) is 0 Å². The number of amides is 2. The molecule has 1 saturated carbocycles. The number of benzene rings is 1. The molecule has 3 aromatic rings. The van der Waals surface area contributed by atoms with E-state index in [9.17, 15) is 30.0 Å². The standard InChI is InChI=1S/C29H38B4N4O6S/c1-15(2)9-17-11-20-23(12-22(17)32-3)33-13-21-24(35-37(25(20)21)19-7-8-44-14-19)27(39)36(29(31,42)43)18-6-4-5-16(10-18)26(38)34-28(30,40)41/h7-9,11-12,14,16,18,32-33,40-43H,4-6,10,13,30-31H2,1-3H3,(H,34,38)/t16-,18+/m0/s1. The van der Waals surface area contributed by atoms with E-state index in [0.29, 0.717) is 32.9 Å². The highest BCUT2D eigenvalue weighted by Crippen LogP contribution is 2.36. The van der Waals surface area contributed by atoms with Gasteiger partial charge < -0.3 is 25.7 Å². The van der Waals surface area contributed by atoms with Crippen LogP contribution in [-0.4, -0.2) is 94.8 Å². The van der Waals surface area contributed by atoms with E-state index in [1.54, 1.807) is 4.68 Å². The largest absolute Gasteiger partial charge is 0.357 e. The zero-order valence-corrected chi connectivity index (χ0v) is 26.7. The van der Waals surface area contributed by atoms with Crippen LogP contribution in [0.1, 0.15) is 61.1 Å². The van der Waals surface area contributed by atoms with E-state index >= 15 is 0 Å². The fraction of sp³-hybridized carbons (Fsp3) is 0.414. The minimum atomic E-state index is -2.53. The predicted molar refractivity (Wildman–Crippen MR) is 181 cm³/mol. The second-order valence-corrected chi connectivity index (χ2v) is 13.3. The van der Waals surface area contributed by atoms with Crippen LogP contribution in [0, 0.1) is 5.92 Å². The smallest absolute Gasteiger partial charge is 0.278 e. The Bertz CT molecular complexity index is 1590. The zero-order valence-electron chi connectivity index (χ0n) is 25.9. The van der Waals surface area contributed by atoms with Crippen molar-refractivity contribution in [3.05, 3.63) is 51.4 Å². The number of aromatic nitrogens is 2.